The van der Waals surface area contributed by atoms with E-state index in [2.05, 4.69) is 57.8 Å². The number of carbonyl (C=O) groups is 1. The van der Waals surface area contributed by atoms with Gasteiger partial charge < -0.3 is 14.9 Å². The molecule has 0 aliphatic carbocycles. The number of hydrogen-bond acceptors (Lipinski definition) is 5. The number of H-pyrrole nitrogens is 1. The first-order chi connectivity index (χ1) is 20.9. The number of nitrogens with zero attached hydrogens (tertiary/aromatic N) is 5. The molecule has 1 saturated heterocycles. The third-order valence-corrected chi connectivity index (χ3v) is 8.99. The van der Waals surface area contributed by atoms with E-state index in [1.54, 1.807) is 4.57 Å². The highest BCUT2D eigenvalue weighted by atomic mass is 35.5. The minimum atomic E-state index is -0.949. The Kier molecular flexibility index (Phi) is 7.40. The Morgan fingerprint density at radius 1 is 1.07 bits per heavy atom. The topological polar surface area (TPSA) is 107 Å². The summed E-state index contributed by atoms with van der Waals surface area (Å²) in [5.41, 5.74) is 6.26. The fourth-order valence-corrected chi connectivity index (χ4v) is 6.99. The molecular weight excluding hydrogens is 576 g/mol. The number of amides is 1. The van der Waals surface area contributed by atoms with E-state index in [1.807, 2.05) is 47.5 Å². The van der Waals surface area contributed by atoms with Crippen molar-refractivity contribution in [2.45, 2.75) is 52.9 Å². The van der Waals surface area contributed by atoms with E-state index in [9.17, 15) is 14.7 Å². The molecule has 2 aromatic heterocycles. The van der Waals surface area contributed by atoms with Crippen molar-refractivity contribution < 1.29 is 9.90 Å². The molecule has 0 unspecified atom stereocenters. The maximum atomic E-state index is 14.2. The van der Waals surface area contributed by atoms with E-state index in [0.29, 0.717) is 42.5 Å². The zero-order chi connectivity index (χ0) is 31.5. The standard InChI is InChI=1S/C34H37ClN6O3/c1-19(2)21-9-7-8-10-25(21)41-26-17-22(27-20(3)11-12-24-23(27)18-36-38-24)30(35)29(34(4,5)6)28(26)31(37-32(41)42)39-13-15-40(16-14-39)33(43)44/h7-12,17-19H,13-16H2,1-6H3,(H,36,38)(H,43,44). The van der Waals surface area contributed by atoms with Crippen LogP contribution < -0.4 is 10.6 Å². The number of piperazine rings is 1. The number of nitrogens with one attached hydrogen (secondary N) is 1. The van der Waals surface area contributed by atoms with E-state index >= 15 is 0 Å². The second-order valence-corrected chi connectivity index (χ2v) is 13.2. The minimum absolute atomic E-state index is 0.160. The Bertz CT molecular complexity index is 1980. The average molecular weight is 613 g/mol. The largest absolute Gasteiger partial charge is 0.465 e. The van der Waals surface area contributed by atoms with Gasteiger partial charge in [0.05, 0.1) is 27.9 Å². The lowest BCUT2D eigenvalue weighted by Crippen LogP contribution is -2.49. The van der Waals surface area contributed by atoms with Crippen molar-refractivity contribution in [1.29, 1.82) is 0 Å². The van der Waals surface area contributed by atoms with Crippen LogP contribution in [0.4, 0.5) is 10.6 Å². The second-order valence-electron chi connectivity index (χ2n) is 12.9. The summed E-state index contributed by atoms with van der Waals surface area (Å²) in [5.74, 6) is 0.692. The van der Waals surface area contributed by atoms with E-state index < -0.39 is 17.2 Å². The SMILES string of the molecule is Cc1ccc2[nH]ncc2c1-c1cc2c(c(N3CCN(C(=O)O)CC3)nc(=O)n2-c2ccccc2C(C)C)c(C(C)(C)C)c1Cl. The molecule has 0 saturated carbocycles. The van der Waals surface area contributed by atoms with Crippen LogP contribution in [0.1, 0.15) is 57.2 Å². The van der Waals surface area contributed by atoms with Crippen LogP contribution in [-0.2, 0) is 5.41 Å². The maximum Gasteiger partial charge on any atom is 0.407 e. The van der Waals surface area contributed by atoms with Crippen molar-refractivity contribution >= 4 is 45.3 Å². The zero-order valence-corrected chi connectivity index (χ0v) is 26.7. The van der Waals surface area contributed by atoms with Gasteiger partial charge in [-0.25, -0.2) is 9.59 Å². The summed E-state index contributed by atoms with van der Waals surface area (Å²) in [6.07, 6.45) is 0.866. The fraction of sp³-hybridized carbons (Fsp3) is 0.353. The number of aromatic amines is 1. The number of halogens is 1. The average Bonchev–Trinajstić information content (AvgIpc) is 3.45. The number of aryl methyl sites for hydroxylation is 1. The lowest BCUT2D eigenvalue weighted by molar-refractivity contribution is 0.142. The van der Waals surface area contributed by atoms with E-state index in [0.717, 1.165) is 49.8 Å². The zero-order valence-electron chi connectivity index (χ0n) is 25.9. The highest BCUT2D eigenvalue weighted by molar-refractivity contribution is 6.36. The number of carboxylic acid groups (broad SMARTS) is 1. The van der Waals surface area contributed by atoms with Gasteiger partial charge in [-0.3, -0.25) is 9.67 Å². The summed E-state index contributed by atoms with van der Waals surface area (Å²) in [4.78, 5) is 34.1. The fourth-order valence-electron chi connectivity index (χ4n) is 6.47. The molecule has 0 spiro atoms. The maximum absolute atomic E-state index is 14.2. The van der Waals surface area contributed by atoms with E-state index in [-0.39, 0.29) is 5.92 Å². The van der Waals surface area contributed by atoms with Gasteiger partial charge in [-0.15, -0.1) is 0 Å². The van der Waals surface area contributed by atoms with Crippen molar-refractivity contribution in [1.82, 2.24) is 24.6 Å². The lowest BCUT2D eigenvalue weighted by atomic mass is 9.81. The predicted molar refractivity (Wildman–Crippen MR) is 177 cm³/mol. The van der Waals surface area contributed by atoms with Crippen molar-refractivity contribution in [3.05, 3.63) is 80.9 Å². The molecule has 3 aromatic carbocycles. The van der Waals surface area contributed by atoms with Gasteiger partial charge in [0.1, 0.15) is 5.82 Å². The Hall–Kier alpha value is -4.37. The van der Waals surface area contributed by atoms with Gasteiger partial charge in [0.25, 0.3) is 0 Å². The first kappa shape index (κ1) is 29.7. The molecule has 10 heteroatoms. The second kappa shape index (κ2) is 11.0. The monoisotopic (exact) mass is 612 g/mol. The number of anilines is 1. The molecule has 2 N–H and O–H groups in total. The lowest BCUT2D eigenvalue weighted by Gasteiger charge is -2.36. The number of aromatic nitrogens is 4. The van der Waals surface area contributed by atoms with Gasteiger partial charge in [-0.2, -0.15) is 10.1 Å². The molecule has 228 valence electrons. The van der Waals surface area contributed by atoms with Crippen LogP contribution in [0.3, 0.4) is 0 Å². The molecule has 1 aliphatic heterocycles. The molecule has 0 bridgehead atoms. The molecule has 9 nitrogen and oxygen atoms in total. The first-order valence-electron chi connectivity index (χ1n) is 14.9. The Morgan fingerprint density at radius 2 is 1.77 bits per heavy atom. The minimum Gasteiger partial charge on any atom is -0.465 e. The van der Waals surface area contributed by atoms with Crippen LogP contribution in [0.25, 0.3) is 38.6 Å². The summed E-state index contributed by atoms with van der Waals surface area (Å²) < 4.78 is 1.72. The van der Waals surface area contributed by atoms with Gasteiger partial charge in [0.15, 0.2) is 0 Å². The van der Waals surface area contributed by atoms with Crippen molar-refractivity contribution in [3.8, 4) is 16.8 Å². The van der Waals surface area contributed by atoms with Gasteiger partial charge in [0, 0.05) is 42.5 Å². The third-order valence-electron chi connectivity index (χ3n) is 8.60. The number of rotatable bonds is 4. The van der Waals surface area contributed by atoms with Crippen molar-refractivity contribution in [2.24, 2.45) is 0 Å². The van der Waals surface area contributed by atoms with E-state index in [4.69, 9.17) is 16.6 Å². The number of benzene rings is 3. The summed E-state index contributed by atoms with van der Waals surface area (Å²) >= 11 is 7.49. The van der Waals surface area contributed by atoms with Crippen LogP contribution in [0.5, 0.6) is 0 Å². The summed E-state index contributed by atoms with van der Waals surface area (Å²) in [5, 5.41) is 19.3. The van der Waals surface area contributed by atoms with Gasteiger partial charge in [-0.1, -0.05) is 70.5 Å². The highest BCUT2D eigenvalue weighted by Gasteiger charge is 2.32. The molecule has 6 rings (SSSR count). The van der Waals surface area contributed by atoms with Crippen molar-refractivity contribution in [3.63, 3.8) is 0 Å². The van der Waals surface area contributed by atoms with Crippen LogP contribution in [0.15, 0.2) is 53.5 Å². The normalized spacial score (nSPS) is 14.3. The Morgan fingerprint density at radius 3 is 2.43 bits per heavy atom. The third kappa shape index (κ3) is 4.89. The smallest absolute Gasteiger partial charge is 0.407 e. The van der Waals surface area contributed by atoms with Crippen LogP contribution in [-0.4, -0.2) is 62.0 Å². The van der Waals surface area contributed by atoms with Crippen LogP contribution >= 0.6 is 11.6 Å². The van der Waals surface area contributed by atoms with Crippen LogP contribution in [0.2, 0.25) is 5.02 Å². The molecule has 44 heavy (non-hydrogen) atoms. The number of fused-ring (bicyclic) bond motifs is 2. The number of hydrogen-bond donors (Lipinski definition) is 2. The molecule has 3 heterocycles. The summed E-state index contributed by atoms with van der Waals surface area (Å²) in [7, 11) is 0. The van der Waals surface area contributed by atoms with Gasteiger partial charge >= 0.3 is 11.8 Å². The molecule has 0 radical (unpaired) electrons. The number of para-hydroxylation sites is 1. The summed E-state index contributed by atoms with van der Waals surface area (Å²) in [6.45, 7) is 14.1. The van der Waals surface area contributed by atoms with E-state index in [1.165, 1.54) is 4.90 Å². The summed E-state index contributed by atoms with van der Waals surface area (Å²) in [6, 6.07) is 14.0. The first-order valence-corrected chi connectivity index (χ1v) is 15.3. The molecule has 1 aliphatic rings. The molecule has 5 aromatic rings. The van der Waals surface area contributed by atoms with Crippen LogP contribution in [0, 0.1) is 6.92 Å². The Labute approximate surface area is 261 Å². The van der Waals surface area contributed by atoms with Crippen molar-refractivity contribution in [2.75, 3.05) is 31.1 Å². The predicted octanol–water partition coefficient (Wildman–Crippen LogP) is 7.11. The molecule has 1 fully saturated rings. The molecular formula is C34H37ClN6O3. The molecule has 1 amide bonds. The molecule has 0 atom stereocenters. The van der Waals surface area contributed by atoms with Gasteiger partial charge in [-0.05, 0) is 58.7 Å². The Balaban J connectivity index is 1.77. The highest BCUT2D eigenvalue weighted by Crippen LogP contribution is 2.47. The van der Waals surface area contributed by atoms with Gasteiger partial charge in [0.2, 0.25) is 0 Å². The quantitative estimate of drug-likeness (QED) is 0.224.